The highest BCUT2D eigenvalue weighted by atomic mass is 16.5. The Bertz CT molecular complexity index is 236. The van der Waals surface area contributed by atoms with Crippen LogP contribution in [0, 0.1) is 5.92 Å². The van der Waals surface area contributed by atoms with Crippen LogP contribution < -0.4 is 11.1 Å². The highest BCUT2D eigenvalue weighted by molar-refractivity contribution is 5.75. The molecule has 0 bridgehead atoms. The molecule has 0 aromatic carbocycles. The number of nitrogens with one attached hydrogen (secondary N) is 1. The van der Waals surface area contributed by atoms with Crippen LogP contribution in [0.25, 0.3) is 0 Å². The molecule has 1 aliphatic carbocycles. The van der Waals surface area contributed by atoms with Gasteiger partial charge in [-0.15, -0.1) is 0 Å². The van der Waals surface area contributed by atoms with Crippen molar-refractivity contribution in [3.8, 4) is 0 Å². The second-order valence-electron chi connectivity index (χ2n) is 5.69. The van der Waals surface area contributed by atoms with Crippen molar-refractivity contribution in [2.45, 2.75) is 64.5 Å². The van der Waals surface area contributed by atoms with Gasteiger partial charge in [-0.25, -0.2) is 0 Å². The molecule has 1 rings (SSSR count). The summed E-state index contributed by atoms with van der Waals surface area (Å²) < 4.78 is 5.74. The van der Waals surface area contributed by atoms with E-state index < -0.39 is 0 Å². The van der Waals surface area contributed by atoms with Crippen LogP contribution in [0.2, 0.25) is 0 Å². The Morgan fingerprint density at radius 3 is 2.61 bits per heavy atom. The molecule has 1 fully saturated rings. The van der Waals surface area contributed by atoms with E-state index in [4.69, 9.17) is 10.5 Å². The maximum Gasteiger partial charge on any atom is 0.220 e. The Kier molecular flexibility index (Phi) is 7.28. The summed E-state index contributed by atoms with van der Waals surface area (Å²) >= 11 is 0. The summed E-state index contributed by atoms with van der Waals surface area (Å²) in [5.74, 6) is 0.719. The fraction of sp³-hybridized carbons (Fsp3) is 0.929. The Hall–Kier alpha value is -0.610. The minimum Gasteiger partial charge on any atom is -0.376 e. The lowest BCUT2D eigenvalue weighted by atomic mass is 9.94. The number of amides is 1. The van der Waals surface area contributed by atoms with Crippen LogP contribution in [0.5, 0.6) is 0 Å². The zero-order chi connectivity index (χ0) is 13.4. The summed E-state index contributed by atoms with van der Waals surface area (Å²) in [6, 6.07) is 0.362. The van der Waals surface area contributed by atoms with Crippen LogP contribution in [0.3, 0.4) is 0 Å². The van der Waals surface area contributed by atoms with E-state index in [1.54, 1.807) is 0 Å². The maximum absolute atomic E-state index is 11.5. The van der Waals surface area contributed by atoms with E-state index in [1.165, 1.54) is 0 Å². The first-order valence-electron chi connectivity index (χ1n) is 7.21. The van der Waals surface area contributed by atoms with Gasteiger partial charge in [-0.2, -0.15) is 0 Å². The van der Waals surface area contributed by atoms with E-state index in [-0.39, 0.29) is 5.91 Å². The molecule has 0 aromatic heterocycles. The molecule has 3 N–H and O–H groups in total. The number of carbonyl (C=O) groups excluding carboxylic acids is 1. The van der Waals surface area contributed by atoms with Gasteiger partial charge >= 0.3 is 0 Å². The monoisotopic (exact) mass is 256 g/mol. The van der Waals surface area contributed by atoms with Crippen molar-refractivity contribution in [2.24, 2.45) is 11.7 Å². The van der Waals surface area contributed by atoms with Crippen LogP contribution in [-0.4, -0.2) is 31.2 Å². The topological polar surface area (TPSA) is 64.3 Å². The highest BCUT2D eigenvalue weighted by Crippen LogP contribution is 2.19. The molecule has 1 saturated carbocycles. The Morgan fingerprint density at radius 2 is 2.00 bits per heavy atom. The van der Waals surface area contributed by atoms with Crippen molar-refractivity contribution >= 4 is 5.91 Å². The third-order valence-electron chi connectivity index (χ3n) is 3.45. The number of ether oxygens (including phenoxy) is 1. The Balaban J connectivity index is 1.96. The SMILES string of the molecule is CC(C)CCC(=O)NCCOC1CCC(N)CC1. The van der Waals surface area contributed by atoms with E-state index in [2.05, 4.69) is 19.2 Å². The number of nitrogens with two attached hydrogens (primary N) is 1. The predicted octanol–water partition coefficient (Wildman–Crippen LogP) is 1.83. The molecular formula is C14H28N2O2. The molecule has 4 heteroatoms. The second kappa shape index (κ2) is 8.48. The second-order valence-corrected chi connectivity index (χ2v) is 5.69. The Morgan fingerprint density at radius 1 is 1.33 bits per heavy atom. The standard InChI is InChI=1S/C14H28N2O2/c1-11(2)3-8-14(17)16-9-10-18-13-6-4-12(15)5-7-13/h11-13H,3-10,15H2,1-2H3,(H,16,17). The van der Waals surface area contributed by atoms with E-state index in [0.29, 0.717) is 37.6 Å². The molecule has 0 saturated heterocycles. The summed E-state index contributed by atoms with van der Waals surface area (Å²) in [5, 5.41) is 2.90. The molecule has 0 aliphatic heterocycles. The first-order valence-corrected chi connectivity index (χ1v) is 7.21. The van der Waals surface area contributed by atoms with Gasteiger partial charge in [0.1, 0.15) is 0 Å². The van der Waals surface area contributed by atoms with E-state index in [1.807, 2.05) is 0 Å². The smallest absolute Gasteiger partial charge is 0.220 e. The maximum atomic E-state index is 11.5. The fourth-order valence-corrected chi connectivity index (χ4v) is 2.18. The lowest BCUT2D eigenvalue weighted by Crippen LogP contribution is -2.33. The summed E-state index contributed by atoms with van der Waals surface area (Å²) in [6.45, 7) is 5.50. The molecular weight excluding hydrogens is 228 g/mol. The van der Waals surface area contributed by atoms with Crippen LogP contribution in [-0.2, 0) is 9.53 Å². The van der Waals surface area contributed by atoms with Crippen LogP contribution >= 0.6 is 0 Å². The molecule has 106 valence electrons. The van der Waals surface area contributed by atoms with Gasteiger partial charge in [-0.3, -0.25) is 4.79 Å². The predicted molar refractivity (Wildman–Crippen MR) is 73.3 cm³/mol. The number of hydrogen-bond donors (Lipinski definition) is 2. The molecule has 18 heavy (non-hydrogen) atoms. The lowest BCUT2D eigenvalue weighted by Gasteiger charge is -2.26. The molecule has 0 heterocycles. The first kappa shape index (κ1) is 15.4. The zero-order valence-electron chi connectivity index (χ0n) is 11.8. The van der Waals surface area contributed by atoms with Gasteiger partial charge in [-0.1, -0.05) is 13.8 Å². The van der Waals surface area contributed by atoms with Crippen molar-refractivity contribution in [3.63, 3.8) is 0 Å². The van der Waals surface area contributed by atoms with Crippen molar-refractivity contribution in [3.05, 3.63) is 0 Å². The van der Waals surface area contributed by atoms with Gasteiger partial charge in [0, 0.05) is 19.0 Å². The summed E-state index contributed by atoms with van der Waals surface area (Å²) in [5.41, 5.74) is 5.84. The third kappa shape index (κ3) is 6.97. The van der Waals surface area contributed by atoms with E-state index in [0.717, 1.165) is 32.1 Å². The first-order chi connectivity index (χ1) is 8.58. The van der Waals surface area contributed by atoms with Crippen LogP contribution in [0.1, 0.15) is 52.4 Å². The fourth-order valence-electron chi connectivity index (χ4n) is 2.18. The summed E-state index contributed by atoms with van der Waals surface area (Å²) in [4.78, 5) is 11.5. The third-order valence-corrected chi connectivity index (χ3v) is 3.45. The quantitative estimate of drug-likeness (QED) is 0.683. The molecule has 4 nitrogen and oxygen atoms in total. The average molecular weight is 256 g/mol. The van der Waals surface area contributed by atoms with Gasteiger partial charge in [-0.05, 0) is 38.0 Å². The van der Waals surface area contributed by atoms with Crippen molar-refractivity contribution in [2.75, 3.05) is 13.2 Å². The summed E-state index contributed by atoms with van der Waals surface area (Å²) in [7, 11) is 0. The average Bonchev–Trinajstić information content (AvgIpc) is 2.34. The van der Waals surface area contributed by atoms with Crippen molar-refractivity contribution in [1.29, 1.82) is 0 Å². The lowest BCUT2D eigenvalue weighted by molar-refractivity contribution is -0.121. The normalized spacial score (nSPS) is 24.2. The van der Waals surface area contributed by atoms with Gasteiger partial charge in [0.05, 0.1) is 12.7 Å². The number of carbonyl (C=O) groups is 1. The van der Waals surface area contributed by atoms with Gasteiger partial charge in [0.25, 0.3) is 0 Å². The largest absolute Gasteiger partial charge is 0.376 e. The van der Waals surface area contributed by atoms with Crippen LogP contribution in [0.4, 0.5) is 0 Å². The van der Waals surface area contributed by atoms with E-state index in [9.17, 15) is 4.79 Å². The number of rotatable bonds is 7. The van der Waals surface area contributed by atoms with Gasteiger partial charge < -0.3 is 15.8 Å². The molecule has 0 aromatic rings. The zero-order valence-corrected chi connectivity index (χ0v) is 11.8. The van der Waals surface area contributed by atoms with Crippen molar-refractivity contribution in [1.82, 2.24) is 5.32 Å². The Labute approximate surface area is 111 Å². The molecule has 0 spiro atoms. The highest BCUT2D eigenvalue weighted by Gasteiger charge is 2.18. The van der Waals surface area contributed by atoms with Crippen LogP contribution in [0.15, 0.2) is 0 Å². The van der Waals surface area contributed by atoms with Gasteiger partial charge in [0.15, 0.2) is 0 Å². The number of hydrogen-bond acceptors (Lipinski definition) is 3. The summed E-state index contributed by atoms with van der Waals surface area (Å²) in [6.07, 6.45) is 6.16. The molecule has 1 amide bonds. The molecule has 0 unspecified atom stereocenters. The van der Waals surface area contributed by atoms with Gasteiger partial charge in [0.2, 0.25) is 5.91 Å². The molecule has 0 radical (unpaired) electrons. The molecule has 1 aliphatic rings. The molecule has 0 atom stereocenters. The minimum absolute atomic E-state index is 0.137. The minimum atomic E-state index is 0.137. The van der Waals surface area contributed by atoms with Crippen molar-refractivity contribution < 1.29 is 9.53 Å². The van der Waals surface area contributed by atoms with E-state index >= 15 is 0 Å².